The Labute approximate surface area is 161 Å². The SMILES string of the molecule is CC(C)(CN)Cc1cccc(C2Nc3ccc(C(=O)O)cc3CC2(C)C)c1. The highest BCUT2D eigenvalue weighted by atomic mass is 16.4. The third-order valence-electron chi connectivity index (χ3n) is 5.60. The average Bonchev–Trinajstić information content (AvgIpc) is 2.59. The number of hydrogen-bond acceptors (Lipinski definition) is 3. The minimum atomic E-state index is -0.882. The van der Waals surface area contributed by atoms with E-state index in [0.29, 0.717) is 12.1 Å². The molecule has 0 radical (unpaired) electrons. The average molecular weight is 367 g/mol. The molecule has 4 heteroatoms. The second-order valence-electron chi connectivity index (χ2n) is 9.21. The first kappa shape index (κ1) is 19.4. The Morgan fingerprint density at radius 3 is 2.67 bits per heavy atom. The van der Waals surface area contributed by atoms with Crippen LogP contribution in [0.25, 0.3) is 0 Å². The van der Waals surface area contributed by atoms with Gasteiger partial charge in [-0.05, 0) is 65.1 Å². The van der Waals surface area contributed by atoms with Crippen LogP contribution in [0.2, 0.25) is 0 Å². The van der Waals surface area contributed by atoms with Gasteiger partial charge < -0.3 is 16.2 Å². The molecule has 27 heavy (non-hydrogen) atoms. The van der Waals surface area contributed by atoms with Gasteiger partial charge in [0.2, 0.25) is 0 Å². The monoisotopic (exact) mass is 366 g/mol. The largest absolute Gasteiger partial charge is 0.478 e. The third kappa shape index (κ3) is 4.16. The smallest absolute Gasteiger partial charge is 0.335 e. The molecule has 1 aliphatic rings. The van der Waals surface area contributed by atoms with Crippen molar-refractivity contribution in [3.63, 3.8) is 0 Å². The molecule has 1 unspecified atom stereocenters. The van der Waals surface area contributed by atoms with E-state index in [4.69, 9.17) is 5.73 Å². The molecule has 1 aliphatic heterocycles. The summed E-state index contributed by atoms with van der Waals surface area (Å²) in [5.41, 5.74) is 10.9. The first-order valence-corrected chi connectivity index (χ1v) is 9.53. The molecule has 0 saturated carbocycles. The van der Waals surface area contributed by atoms with E-state index in [9.17, 15) is 9.90 Å². The molecule has 2 aromatic rings. The zero-order chi connectivity index (χ0) is 19.8. The Morgan fingerprint density at radius 2 is 2.00 bits per heavy atom. The van der Waals surface area contributed by atoms with Crippen molar-refractivity contribution in [2.75, 3.05) is 11.9 Å². The van der Waals surface area contributed by atoms with Crippen LogP contribution < -0.4 is 11.1 Å². The van der Waals surface area contributed by atoms with Gasteiger partial charge in [0, 0.05) is 5.69 Å². The van der Waals surface area contributed by atoms with E-state index in [1.165, 1.54) is 11.1 Å². The lowest BCUT2D eigenvalue weighted by atomic mass is 9.72. The summed E-state index contributed by atoms with van der Waals surface area (Å²) in [7, 11) is 0. The summed E-state index contributed by atoms with van der Waals surface area (Å²) >= 11 is 0. The summed E-state index contributed by atoms with van der Waals surface area (Å²) in [6.45, 7) is 9.51. The Balaban J connectivity index is 1.92. The van der Waals surface area contributed by atoms with Gasteiger partial charge in [0.1, 0.15) is 0 Å². The predicted molar refractivity (Wildman–Crippen MR) is 110 cm³/mol. The van der Waals surface area contributed by atoms with Crippen LogP contribution in [0.4, 0.5) is 5.69 Å². The number of aromatic carboxylic acids is 1. The molecule has 2 aromatic carbocycles. The Morgan fingerprint density at radius 1 is 1.26 bits per heavy atom. The highest BCUT2D eigenvalue weighted by molar-refractivity contribution is 5.88. The van der Waals surface area contributed by atoms with Gasteiger partial charge in [-0.15, -0.1) is 0 Å². The molecule has 0 fully saturated rings. The highest BCUT2D eigenvalue weighted by Crippen LogP contribution is 2.45. The number of carbonyl (C=O) groups is 1. The fourth-order valence-electron chi connectivity index (χ4n) is 4.00. The molecule has 0 spiro atoms. The van der Waals surface area contributed by atoms with Gasteiger partial charge in [-0.1, -0.05) is 52.0 Å². The zero-order valence-corrected chi connectivity index (χ0v) is 16.7. The Bertz CT molecular complexity index is 855. The number of anilines is 1. The molecule has 1 heterocycles. The summed E-state index contributed by atoms with van der Waals surface area (Å²) in [5.74, 6) is -0.882. The number of fused-ring (bicyclic) bond motifs is 1. The minimum Gasteiger partial charge on any atom is -0.478 e. The first-order chi connectivity index (χ1) is 12.6. The second kappa shape index (κ2) is 7.01. The highest BCUT2D eigenvalue weighted by Gasteiger charge is 2.36. The van der Waals surface area contributed by atoms with Crippen LogP contribution in [0, 0.1) is 10.8 Å². The lowest BCUT2D eigenvalue weighted by Crippen LogP contribution is -2.35. The number of carboxylic acid groups (broad SMARTS) is 1. The molecule has 0 saturated heterocycles. The summed E-state index contributed by atoms with van der Waals surface area (Å²) in [5, 5.41) is 12.9. The lowest BCUT2D eigenvalue weighted by Gasteiger charge is -2.41. The van der Waals surface area contributed by atoms with Crippen LogP contribution in [-0.2, 0) is 12.8 Å². The van der Waals surface area contributed by atoms with Crippen molar-refractivity contribution < 1.29 is 9.90 Å². The number of rotatable bonds is 5. The van der Waals surface area contributed by atoms with E-state index in [0.717, 1.165) is 24.1 Å². The number of nitrogens with two attached hydrogens (primary N) is 1. The maximum absolute atomic E-state index is 11.3. The van der Waals surface area contributed by atoms with Gasteiger partial charge in [-0.2, -0.15) is 0 Å². The Hall–Kier alpha value is -2.33. The molecule has 0 bridgehead atoms. The van der Waals surface area contributed by atoms with Gasteiger partial charge in [0.15, 0.2) is 0 Å². The molecule has 0 aromatic heterocycles. The van der Waals surface area contributed by atoms with Crippen molar-refractivity contribution in [2.24, 2.45) is 16.6 Å². The quantitative estimate of drug-likeness (QED) is 0.720. The van der Waals surface area contributed by atoms with Crippen molar-refractivity contribution in [2.45, 2.75) is 46.6 Å². The normalized spacial score (nSPS) is 18.5. The molecule has 1 atom stereocenters. The number of benzene rings is 2. The van der Waals surface area contributed by atoms with Crippen molar-refractivity contribution in [1.29, 1.82) is 0 Å². The fraction of sp³-hybridized carbons (Fsp3) is 0.435. The molecule has 4 N–H and O–H groups in total. The van der Waals surface area contributed by atoms with Crippen LogP contribution in [0.15, 0.2) is 42.5 Å². The molecule has 0 aliphatic carbocycles. The Kier molecular flexibility index (Phi) is 5.04. The van der Waals surface area contributed by atoms with Gasteiger partial charge in [-0.3, -0.25) is 0 Å². The van der Waals surface area contributed by atoms with Crippen LogP contribution >= 0.6 is 0 Å². The molecular formula is C23H30N2O2. The number of carboxylic acids is 1. The second-order valence-corrected chi connectivity index (χ2v) is 9.21. The van der Waals surface area contributed by atoms with E-state index in [-0.39, 0.29) is 16.9 Å². The third-order valence-corrected chi connectivity index (χ3v) is 5.60. The van der Waals surface area contributed by atoms with E-state index in [1.54, 1.807) is 12.1 Å². The molecule has 3 rings (SSSR count). The van der Waals surface area contributed by atoms with Crippen molar-refractivity contribution in [3.8, 4) is 0 Å². The van der Waals surface area contributed by atoms with Gasteiger partial charge >= 0.3 is 5.97 Å². The minimum absolute atomic E-state index is 0.0356. The van der Waals surface area contributed by atoms with Crippen molar-refractivity contribution >= 4 is 11.7 Å². The molecule has 4 nitrogen and oxygen atoms in total. The van der Waals surface area contributed by atoms with Gasteiger partial charge in [0.05, 0.1) is 11.6 Å². The fourth-order valence-corrected chi connectivity index (χ4v) is 4.00. The van der Waals surface area contributed by atoms with E-state index < -0.39 is 5.97 Å². The summed E-state index contributed by atoms with van der Waals surface area (Å²) < 4.78 is 0. The van der Waals surface area contributed by atoms with Crippen molar-refractivity contribution in [1.82, 2.24) is 0 Å². The van der Waals surface area contributed by atoms with Crippen molar-refractivity contribution in [3.05, 3.63) is 64.7 Å². The van der Waals surface area contributed by atoms with E-state index in [1.807, 2.05) is 6.07 Å². The molecular weight excluding hydrogens is 336 g/mol. The topological polar surface area (TPSA) is 75.3 Å². The number of nitrogens with one attached hydrogen (secondary N) is 1. The standard InChI is InChI=1S/C23H30N2O2/c1-22(2,14-24)12-15-6-5-7-16(10-15)20-23(3,4)13-18-11-17(21(26)27)8-9-19(18)25-20/h5-11,20,25H,12-14,24H2,1-4H3,(H,26,27). The summed E-state index contributed by atoms with van der Waals surface area (Å²) in [4.78, 5) is 11.3. The van der Waals surface area contributed by atoms with Crippen LogP contribution in [0.5, 0.6) is 0 Å². The first-order valence-electron chi connectivity index (χ1n) is 9.53. The zero-order valence-electron chi connectivity index (χ0n) is 16.7. The summed E-state index contributed by atoms with van der Waals surface area (Å²) in [6.07, 6.45) is 1.78. The lowest BCUT2D eigenvalue weighted by molar-refractivity contribution is 0.0696. The van der Waals surface area contributed by atoms with Gasteiger partial charge in [0.25, 0.3) is 0 Å². The maximum Gasteiger partial charge on any atom is 0.335 e. The number of hydrogen-bond donors (Lipinski definition) is 3. The van der Waals surface area contributed by atoms with E-state index in [2.05, 4.69) is 57.3 Å². The summed E-state index contributed by atoms with van der Waals surface area (Å²) in [6, 6.07) is 14.3. The van der Waals surface area contributed by atoms with Gasteiger partial charge in [-0.25, -0.2) is 4.79 Å². The van der Waals surface area contributed by atoms with Crippen LogP contribution in [0.1, 0.15) is 60.8 Å². The van der Waals surface area contributed by atoms with Crippen LogP contribution in [0.3, 0.4) is 0 Å². The van der Waals surface area contributed by atoms with Crippen LogP contribution in [-0.4, -0.2) is 17.6 Å². The maximum atomic E-state index is 11.3. The predicted octanol–water partition coefficient (Wildman–Crippen LogP) is 4.65. The molecule has 144 valence electrons. The molecule has 0 amide bonds. The van der Waals surface area contributed by atoms with E-state index >= 15 is 0 Å².